The van der Waals surface area contributed by atoms with Crippen LogP contribution in [0.15, 0.2) is 100 Å². The SMILES string of the molecule is C=CCc1cc(/C=c2\sc3n(c2=O)[C@H](c2ccccc2)C(C(=O)OC)=C(CC)N=3)cc(OC)c1OCc1ccc([N+](=O)[O-])cc1. The first-order valence-electron chi connectivity index (χ1n) is 14.2. The Morgan fingerprint density at radius 3 is 2.49 bits per heavy atom. The molecule has 0 fully saturated rings. The van der Waals surface area contributed by atoms with E-state index < -0.39 is 16.9 Å². The zero-order valence-electron chi connectivity index (χ0n) is 25.0. The fourth-order valence-corrected chi connectivity index (χ4v) is 6.25. The number of hydrogen-bond donors (Lipinski definition) is 0. The minimum atomic E-state index is -0.687. The lowest BCUT2D eigenvalue weighted by atomic mass is 9.95. The summed E-state index contributed by atoms with van der Waals surface area (Å²) < 4.78 is 19.0. The minimum Gasteiger partial charge on any atom is -0.493 e. The molecule has 45 heavy (non-hydrogen) atoms. The molecule has 0 amide bonds. The van der Waals surface area contributed by atoms with Crippen molar-refractivity contribution in [1.29, 1.82) is 0 Å². The van der Waals surface area contributed by atoms with E-state index in [-0.39, 0.29) is 17.9 Å². The molecule has 2 heterocycles. The molecular formula is C34H31N3O7S. The smallest absolute Gasteiger partial charge is 0.338 e. The second kappa shape index (κ2) is 13.6. The molecule has 1 aliphatic heterocycles. The molecule has 4 aromatic rings. The second-order valence-electron chi connectivity index (χ2n) is 10.1. The van der Waals surface area contributed by atoms with Crippen LogP contribution in [-0.4, -0.2) is 29.7 Å². The van der Waals surface area contributed by atoms with Gasteiger partial charge in [0.05, 0.1) is 41.0 Å². The van der Waals surface area contributed by atoms with Crippen LogP contribution in [0.4, 0.5) is 5.69 Å². The Labute approximate surface area is 263 Å². The lowest BCUT2D eigenvalue weighted by Gasteiger charge is -2.25. The van der Waals surface area contributed by atoms with Gasteiger partial charge in [0.1, 0.15) is 6.61 Å². The van der Waals surface area contributed by atoms with Crippen LogP contribution in [0.1, 0.15) is 41.6 Å². The van der Waals surface area contributed by atoms with Gasteiger partial charge in [0.15, 0.2) is 16.3 Å². The molecule has 0 saturated heterocycles. The van der Waals surface area contributed by atoms with Crippen LogP contribution in [0.3, 0.4) is 0 Å². The van der Waals surface area contributed by atoms with Crippen molar-refractivity contribution in [3.63, 3.8) is 0 Å². The van der Waals surface area contributed by atoms with Crippen LogP contribution in [-0.2, 0) is 22.6 Å². The van der Waals surface area contributed by atoms with Gasteiger partial charge in [0.25, 0.3) is 11.2 Å². The van der Waals surface area contributed by atoms with E-state index in [1.807, 2.05) is 43.3 Å². The first-order chi connectivity index (χ1) is 21.8. The Bertz CT molecular complexity index is 1980. The highest BCUT2D eigenvalue weighted by molar-refractivity contribution is 7.07. The van der Waals surface area contributed by atoms with Crippen LogP contribution < -0.4 is 24.4 Å². The number of non-ortho nitro benzene ring substituents is 1. The number of aromatic nitrogens is 1. The molecule has 11 heteroatoms. The number of benzene rings is 3. The van der Waals surface area contributed by atoms with Crippen LogP contribution in [0.5, 0.6) is 11.5 Å². The number of ether oxygens (including phenoxy) is 3. The molecule has 1 aromatic heterocycles. The molecule has 0 unspecified atom stereocenters. The van der Waals surface area contributed by atoms with Crippen LogP contribution in [0.2, 0.25) is 0 Å². The van der Waals surface area contributed by atoms with E-state index >= 15 is 0 Å². The van der Waals surface area contributed by atoms with Gasteiger partial charge in [-0.25, -0.2) is 9.79 Å². The molecule has 10 nitrogen and oxygen atoms in total. The molecule has 3 aromatic carbocycles. The number of nitro benzene ring substituents is 1. The van der Waals surface area contributed by atoms with E-state index in [0.717, 1.165) is 16.7 Å². The highest BCUT2D eigenvalue weighted by Crippen LogP contribution is 2.35. The third-order valence-corrected chi connectivity index (χ3v) is 8.31. The van der Waals surface area contributed by atoms with Crippen molar-refractivity contribution < 1.29 is 23.9 Å². The van der Waals surface area contributed by atoms with Gasteiger partial charge in [-0.1, -0.05) is 54.7 Å². The predicted octanol–water partition coefficient (Wildman–Crippen LogP) is 5.02. The molecule has 0 saturated carbocycles. The molecule has 0 spiro atoms. The topological polar surface area (TPSA) is 122 Å². The summed E-state index contributed by atoms with van der Waals surface area (Å²) in [7, 11) is 2.85. The van der Waals surface area contributed by atoms with Gasteiger partial charge in [0.2, 0.25) is 0 Å². The second-order valence-corrected chi connectivity index (χ2v) is 11.1. The Morgan fingerprint density at radius 2 is 1.87 bits per heavy atom. The summed E-state index contributed by atoms with van der Waals surface area (Å²) in [6.07, 6.45) is 4.47. The molecular weight excluding hydrogens is 594 g/mol. The van der Waals surface area contributed by atoms with Gasteiger partial charge in [-0.2, -0.15) is 0 Å². The highest BCUT2D eigenvalue weighted by Gasteiger charge is 2.33. The number of esters is 1. The molecule has 1 aliphatic rings. The molecule has 0 N–H and O–H groups in total. The first-order valence-corrected chi connectivity index (χ1v) is 15.0. The van der Waals surface area contributed by atoms with Crippen molar-refractivity contribution in [2.45, 2.75) is 32.4 Å². The summed E-state index contributed by atoms with van der Waals surface area (Å²) in [6.45, 7) is 5.95. The van der Waals surface area contributed by atoms with Gasteiger partial charge >= 0.3 is 5.97 Å². The maximum absolute atomic E-state index is 14.0. The van der Waals surface area contributed by atoms with E-state index in [4.69, 9.17) is 19.2 Å². The Kier molecular flexibility index (Phi) is 9.39. The maximum Gasteiger partial charge on any atom is 0.338 e. The predicted molar refractivity (Wildman–Crippen MR) is 171 cm³/mol. The molecule has 0 aliphatic carbocycles. The number of carbonyl (C=O) groups excluding carboxylic acids is 1. The Morgan fingerprint density at radius 1 is 1.13 bits per heavy atom. The van der Waals surface area contributed by atoms with E-state index in [1.54, 1.807) is 34.9 Å². The molecule has 0 bridgehead atoms. The van der Waals surface area contributed by atoms with E-state index in [0.29, 0.717) is 50.5 Å². The van der Waals surface area contributed by atoms with Crippen molar-refractivity contribution in [2.75, 3.05) is 14.2 Å². The zero-order valence-corrected chi connectivity index (χ0v) is 25.8. The van der Waals surface area contributed by atoms with Crippen LogP contribution in [0.25, 0.3) is 6.08 Å². The number of allylic oxidation sites excluding steroid dienone is 2. The largest absolute Gasteiger partial charge is 0.493 e. The van der Waals surface area contributed by atoms with E-state index in [2.05, 4.69) is 6.58 Å². The molecule has 230 valence electrons. The summed E-state index contributed by atoms with van der Waals surface area (Å²) in [4.78, 5) is 42.8. The van der Waals surface area contributed by atoms with Gasteiger partial charge < -0.3 is 14.2 Å². The number of fused-ring (bicyclic) bond motifs is 1. The summed E-state index contributed by atoms with van der Waals surface area (Å²) in [5.74, 6) is 0.439. The van der Waals surface area contributed by atoms with Gasteiger partial charge in [-0.15, -0.1) is 6.58 Å². The number of hydrogen-bond acceptors (Lipinski definition) is 9. The summed E-state index contributed by atoms with van der Waals surface area (Å²) >= 11 is 1.25. The third-order valence-electron chi connectivity index (χ3n) is 7.33. The fraction of sp³-hybridized carbons (Fsp3) is 0.206. The van der Waals surface area contributed by atoms with E-state index in [1.165, 1.54) is 37.7 Å². The van der Waals surface area contributed by atoms with Crippen molar-refractivity contribution in [2.24, 2.45) is 4.99 Å². The third kappa shape index (κ3) is 6.34. The average molecular weight is 626 g/mol. The number of nitrogens with zero attached hydrogens (tertiary/aromatic N) is 3. The Balaban J connectivity index is 1.58. The highest BCUT2D eigenvalue weighted by atomic mass is 32.1. The average Bonchev–Trinajstić information content (AvgIpc) is 3.37. The van der Waals surface area contributed by atoms with E-state index in [9.17, 15) is 19.7 Å². The summed E-state index contributed by atoms with van der Waals surface area (Å²) in [6, 6.07) is 18.5. The lowest BCUT2D eigenvalue weighted by Crippen LogP contribution is -2.40. The maximum atomic E-state index is 14.0. The van der Waals surface area contributed by atoms with Crippen molar-refractivity contribution in [1.82, 2.24) is 4.57 Å². The van der Waals surface area contributed by atoms with Gasteiger partial charge in [-0.3, -0.25) is 19.5 Å². The zero-order chi connectivity index (χ0) is 32.1. The van der Waals surface area contributed by atoms with Gasteiger partial charge in [0, 0.05) is 17.7 Å². The normalized spacial score (nSPS) is 14.4. The molecule has 0 radical (unpaired) electrons. The summed E-state index contributed by atoms with van der Waals surface area (Å²) in [5, 5.41) is 11.0. The number of methoxy groups -OCH3 is 2. The lowest BCUT2D eigenvalue weighted by molar-refractivity contribution is -0.384. The summed E-state index contributed by atoms with van der Waals surface area (Å²) in [5.41, 5.74) is 3.65. The molecule has 1 atom stereocenters. The van der Waals surface area contributed by atoms with Crippen LogP contribution in [0, 0.1) is 10.1 Å². The quantitative estimate of drug-likeness (QED) is 0.0993. The molecule has 5 rings (SSSR count). The van der Waals surface area contributed by atoms with Crippen molar-refractivity contribution >= 4 is 29.1 Å². The van der Waals surface area contributed by atoms with Crippen LogP contribution >= 0.6 is 11.3 Å². The number of nitro groups is 1. The standard InChI is InChI=1S/C34H31N3O7S/c1-5-10-24-17-22(18-27(42-3)31(24)44-20-21-13-15-25(16-14-21)37(40)41)19-28-32(38)36-30(23-11-8-7-9-12-23)29(33(39)43-4)26(6-2)35-34(36)45-28/h5,7-9,11-19,30H,1,6,10,20H2,2-4H3/b28-19-/t30-/m1/s1. The van der Waals surface area contributed by atoms with Gasteiger partial charge in [-0.05, 0) is 59.9 Å². The number of thiazole rings is 1. The fourth-order valence-electron chi connectivity index (χ4n) is 5.23. The minimum absolute atomic E-state index is 0.000776. The van der Waals surface area contributed by atoms with Crippen molar-refractivity contribution in [3.8, 4) is 11.5 Å². The van der Waals surface area contributed by atoms with Crippen molar-refractivity contribution in [3.05, 3.63) is 143 Å². The number of rotatable bonds is 11. The first kappa shape index (κ1) is 31.1. The number of carbonyl (C=O) groups is 1. The Hall–Kier alpha value is -5.29. The monoisotopic (exact) mass is 625 g/mol.